The molecule has 6 heteroatoms. The van der Waals surface area contributed by atoms with Crippen LogP contribution in [0.5, 0.6) is 0 Å². The number of pyridine rings is 1. The number of fused-ring (bicyclic) bond motifs is 14. The van der Waals surface area contributed by atoms with Gasteiger partial charge in [0.15, 0.2) is 11.6 Å². The van der Waals surface area contributed by atoms with Crippen LogP contribution in [0.3, 0.4) is 0 Å². The fourth-order valence-corrected chi connectivity index (χ4v) is 11.4. The molecule has 0 saturated heterocycles. The molecule has 0 amide bonds. The molecule has 0 aliphatic heterocycles. The molecule has 0 N–H and O–H groups in total. The normalized spacial score (nSPS) is 13.9. The molecular weight excluding hydrogens is 865 g/mol. The van der Waals surface area contributed by atoms with Crippen LogP contribution in [0.15, 0.2) is 237 Å². The first kappa shape index (κ1) is 39.6. The van der Waals surface area contributed by atoms with Gasteiger partial charge in [-0.1, -0.05) is 152 Å². The smallest absolute Gasteiger partial charge is 0.163 e. The molecule has 14 aromatic rings. The molecule has 1 aliphatic carbocycles. The number of aromatic nitrogens is 6. The molecule has 15 rings (SSSR count). The van der Waals surface area contributed by atoms with E-state index in [2.05, 4.69) is 232 Å². The SMILES string of the molecule is C1=CCC(c2nc(-c3ccccc3)nc(-c3cccc(-n4c5ccccc5c5cc6c7cc(-c8ccc9c(c8)c8ccccc8n9-c8ccccc8)ccc7n7c8ccccc8cc7c6cc54)c3)n2)C=C1. The lowest BCUT2D eigenvalue weighted by molar-refractivity contribution is 0.764. The van der Waals surface area contributed by atoms with E-state index in [0.717, 1.165) is 45.8 Å². The minimum Gasteiger partial charge on any atom is -0.309 e. The van der Waals surface area contributed by atoms with Crippen molar-refractivity contribution in [2.45, 2.75) is 12.3 Å². The Morgan fingerprint density at radius 2 is 0.915 bits per heavy atom. The van der Waals surface area contributed by atoms with E-state index in [4.69, 9.17) is 15.0 Å². The van der Waals surface area contributed by atoms with Crippen molar-refractivity contribution in [2.24, 2.45) is 0 Å². The quantitative estimate of drug-likeness (QED) is 0.156. The third kappa shape index (κ3) is 6.18. The molecule has 0 saturated carbocycles. The molecule has 1 atom stereocenters. The fraction of sp³-hybridized carbons (Fsp3) is 0.0308. The Balaban J connectivity index is 0.950. The van der Waals surface area contributed by atoms with E-state index in [9.17, 15) is 0 Å². The maximum Gasteiger partial charge on any atom is 0.163 e. The summed E-state index contributed by atoms with van der Waals surface area (Å²) in [7, 11) is 0. The second-order valence-corrected chi connectivity index (χ2v) is 18.8. The Kier molecular flexibility index (Phi) is 8.68. The van der Waals surface area contributed by atoms with Gasteiger partial charge in [-0.25, -0.2) is 15.0 Å². The van der Waals surface area contributed by atoms with E-state index in [1.807, 2.05) is 18.2 Å². The van der Waals surface area contributed by atoms with E-state index in [0.29, 0.717) is 11.6 Å². The van der Waals surface area contributed by atoms with Gasteiger partial charge in [0.2, 0.25) is 0 Å². The maximum atomic E-state index is 5.17. The zero-order valence-electron chi connectivity index (χ0n) is 38.5. The second kappa shape index (κ2) is 15.6. The highest BCUT2D eigenvalue weighted by Gasteiger charge is 2.22. The number of benzene rings is 9. The molecule has 71 heavy (non-hydrogen) atoms. The van der Waals surface area contributed by atoms with Crippen LogP contribution in [-0.2, 0) is 0 Å². The largest absolute Gasteiger partial charge is 0.309 e. The summed E-state index contributed by atoms with van der Waals surface area (Å²) in [5, 5.41) is 9.73. The second-order valence-electron chi connectivity index (χ2n) is 18.8. The first-order chi connectivity index (χ1) is 35.2. The van der Waals surface area contributed by atoms with E-state index in [-0.39, 0.29) is 5.92 Å². The van der Waals surface area contributed by atoms with Gasteiger partial charge >= 0.3 is 0 Å². The van der Waals surface area contributed by atoms with Crippen LogP contribution in [0.2, 0.25) is 0 Å². The Bertz CT molecular complexity index is 4550. The predicted molar refractivity (Wildman–Crippen MR) is 294 cm³/mol. The van der Waals surface area contributed by atoms with Crippen LogP contribution in [-0.4, -0.2) is 28.5 Å². The lowest BCUT2D eigenvalue weighted by atomic mass is 9.97. The number of rotatable bonds is 6. The first-order valence-electron chi connectivity index (χ1n) is 24.4. The summed E-state index contributed by atoms with van der Waals surface area (Å²) >= 11 is 0. The van der Waals surface area contributed by atoms with Gasteiger partial charge in [0.05, 0.1) is 38.6 Å². The molecule has 9 aromatic carbocycles. The van der Waals surface area contributed by atoms with E-state index >= 15 is 0 Å². The van der Waals surface area contributed by atoms with E-state index < -0.39 is 0 Å². The van der Waals surface area contributed by atoms with Gasteiger partial charge in [0.25, 0.3) is 0 Å². The lowest BCUT2D eigenvalue weighted by Crippen LogP contribution is -2.08. The highest BCUT2D eigenvalue weighted by molar-refractivity contribution is 6.23. The summed E-state index contributed by atoms with van der Waals surface area (Å²) in [6, 6.07) is 77.2. The molecule has 0 bridgehead atoms. The van der Waals surface area contributed by atoms with Gasteiger partial charge in [-0.05, 0) is 108 Å². The highest BCUT2D eigenvalue weighted by Crippen LogP contribution is 2.43. The van der Waals surface area contributed by atoms with Gasteiger partial charge < -0.3 is 13.5 Å². The number of allylic oxidation sites excluding steroid dienone is 4. The van der Waals surface area contributed by atoms with Crippen LogP contribution in [0.4, 0.5) is 0 Å². The van der Waals surface area contributed by atoms with Crippen molar-refractivity contribution < 1.29 is 0 Å². The van der Waals surface area contributed by atoms with Crippen LogP contribution in [0.1, 0.15) is 18.2 Å². The fourth-order valence-electron chi connectivity index (χ4n) is 11.4. The Morgan fingerprint density at radius 1 is 0.338 bits per heavy atom. The van der Waals surface area contributed by atoms with Crippen molar-refractivity contribution >= 4 is 81.7 Å². The van der Waals surface area contributed by atoms with Crippen molar-refractivity contribution in [3.63, 3.8) is 0 Å². The van der Waals surface area contributed by atoms with E-state index in [1.165, 1.54) is 81.8 Å². The summed E-state index contributed by atoms with van der Waals surface area (Å²) in [5.41, 5.74) is 14.7. The summed E-state index contributed by atoms with van der Waals surface area (Å²) in [6.07, 6.45) is 9.40. The number of hydrogen-bond donors (Lipinski definition) is 0. The summed E-state index contributed by atoms with van der Waals surface area (Å²) in [6.45, 7) is 0. The molecule has 0 spiro atoms. The number of hydrogen-bond acceptors (Lipinski definition) is 3. The van der Waals surface area contributed by atoms with Gasteiger partial charge in [-0.15, -0.1) is 0 Å². The molecule has 1 unspecified atom stereocenters. The van der Waals surface area contributed by atoms with Crippen molar-refractivity contribution in [1.82, 2.24) is 28.5 Å². The third-order valence-corrected chi connectivity index (χ3v) is 14.7. The van der Waals surface area contributed by atoms with Crippen LogP contribution in [0.25, 0.3) is 127 Å². The molecule has 5 heterocycles. The van der Waals surface area contributed by atoms with Crippen molar-refractivity contribution in [1.29, 1.82) is 0 Å². The lowest BCUT2D eigenvalue weighted by Gasteiger charge is -2.15. The topological polar surface area (TPSA) is 52.9 Å². The van der Waals surface area contributed by atoms with Crippen LogP contribution >= 0.6 is 0 Å². The van der Waals surface area contributed by atoms with Gasteiger partial charge in [0, 0.05) is 66.1 Å². The Hall–Kier alpha value is -9.39. The Morgan fingerprint density at radius 3 is 1.66 bits per heavy atom. The van der Waals surface area contributed by atoms with Gasteiger partial charge in [-0.2, -0.15) is 0 Å². The number of nitrogens with zero attached hydrogens (tertiary/aromatic N) is 6. The predicted octanol–water partition coefficient (Wildman–Crippen LogP) is 16.4. The highest BCUT2D eigenvalue weighted by atomic mass is 15.0. The number of para-hydroxylation sites is 4. The van der Waals surface area contributed by atoms with Crippen molar-refractivity contribution in [3.8, 4) is 45.3 Å². The van der Waals surface area contributed by atoms with E-state index in [1.54, 1.807) is 0 Å². The van der Waals surface area contributed by atoms with Crippen LogP contribution < -0.4 is 0 Å². The summed E-state index contributed by atoms with van der Waals surface area (Å²) in [5.74, 6) is 2.19. The van der Waals surface area contributed by atoms with Crippen molar-refractivity contribution in [2.75, 3.05) is 0 Å². The standard InChI is InChI=1S/C65H42N6/c1-4-17-41(18-5-1)63-66-64(42-19-6-2-7-20-42)68-65(67-63)46-22-16-25-48(35-46)70-58-30-15-12-27-50(58)54-39-51-53-37-44(32-34-60(53)71-56-28-13-10-21-45(56)38-61(71)55(51)40-62(54)70)43-31-33-59-52(36-43)49-26-11-14-29-57(49)69(59)47-23-8-3-9-24-47/h1-19,21-40,42H,20H2. The Labute approximate surface area is 408 Å². The molecule has 5 aromatic heterocycles. The van der Waals surface area contributed by atoms with Gasteiger partial charge in [0.1, 0.15) is 5.82 Å². The molecule has 0 fully saturated rings. The average Bonchev–Trinajstić information content (AvgIpc) is 4.11. The van der Waals surface area contributed by atoms with Gasteiger partial charge in [-0.3, -0.25) is 0 Å². The molecule has 0 radical (unpaired) electrons. The van der Waals surface area contributed by atoms with Crippen LogP contribution in [0, 0.1) is 0 Å². The zero-order chi connectivity index (χ0) is 46.6. The minimum absolute atomic E-state index is 0.0736. The molecular formula is C65H42N6. The maximum absolute atomic E-state index is 5.17. The van der Waals surface area contributed by atoms with Crippen molar-refractivity contribution in [3.05, 3.63) is 242 Å². The first-order valence-corrected chi connectivity index (χ1v) is 24.4. The zero-order valence-corrected chi connectivity index (χ0v) is 38.5. The average molecular weight is 907 g/mol. The molecule has 6 nitrogen and oxygen atoms in total. The summed E-state index contributed by atoms with van der Waals surface area (Å²) in [4.78, 5) is 15.3. The molecule has 1 aliphatic rings. The summed E-state index contributed by atoms with van der Waals surface area (Å²) < 4.78 is 7.27. The monoisotopic (exact) mass is 906 g/mol. The minimum atomic E-state index is 0.0736. The third-order valence-electron chi connectivity index (χ3n) is 14.7. The molecule has 332 valence electrons.